The quantitative estimate of drug-likeness (QED) is 0.588. The van der Waals surface area contributed by atoms with Crippen molar-refractivity contribution in [2.24, 2.45) is 0 Å². The van der Waals surface area contributed by atoms with Gasteiger partial charge in [-0.15, -0.1) is 12.4 Å². The van der Waals surface area contributed by atoms with Gasteiger partial charge < -0.3 is 5.32 Å². The zero-order chi connectivity index (χ0) is 14.7. The van der Waals surface area contributed by atoms with Crippen LogP contribution in [0.2, 0.25) is 0 Å². The molecule has 114 valence electrons. The maximum absolute atomic E-state index is 4.71. The first-order valence-corrected chi connectivity index (χ1v) is 8.12. The smallest absolute Gasteiger partial charge is 0.162 e. The Kier molecular flexibility index (Phi) is 5.97. The highest BCUT2D eigenvalue weighted by molar-refractivity contribution is 14.1. The van der Waals surface area contributed by atoms with Gasteiger partial charge in [-0.3, -0.25) is 0 Å². The van der Waals surface area contributed by atoms with Crippen LogP contribution in [-0.2, 0) is 0 Å². The van der Waals surface area contributed by atoms with Gasteiger partial charge in [0.2, 0.25) is 0 Å². The molecule has 0 spiro atoms. The van der Waals surface area contributed by atoms with Crippen molar-refractivity contribution < 1.29 is 0 Å². The first-order valence-electron chi connectivity index (χ1n) is 7.04. The molecule has 3 aromatic rings. The van der Waals surface area contributed by atoms with E-state index in [4.69, 9.17) is 9.97 Å². The minimum absolute atomic E-state index is 0. The number of anilines is 1. The van der Waals surface area contributed by atoms with Gasteiger partial charge in [0.05, 0.1) is 5.52 Å². The van der Waals surface area contributed by atoms with Crippen LogP contribution in [0.1, 0.15) is 13.3 Å². The number of aromatic nitrogens is 2. The monoisotopic (exact) mass is 425 g/mol. The highest BCUT2D eigenvalue weighted by atomic mass is 127. The van der Waals surface area contributed by atoms with Gasteiger partial charge in [-0.1, -0.05) is 31.2 Å². The summed E-state index contributed by atoms with van der Waals surface area (Å²) in [4.78, 5) is 9.40. The third-order valence-corrected chi connectivity index (χ3v) is 3.97. The molecule has 0 unspecified atom stereocenters. The molecule has 1 aromatic heterocycles. The zero-order valence-electron chi connectivity index (χ0n) is 12.2. The lowest BCUT2D eigenvalue weighted by atomic mass is 10.2. The number of benzene rings is 2. The van der Waals surface area contributed by atoms with Gasteiger partial charge in [-0.05, 0) is 53.3 Å². The van der Waals surface area contributed by atoms with Gasteiger partial charge in [0.25, 0.3) is 0 Å². The van der Waals surface area contributed by atoms with Crippen molar-refractivity contribution in [2.45, 2.75) is 13.3 Å². The van der Waals surface area contributed by atoms with Gasteiger partial charge >= 0.3 is 0 Å². The molecule has 0 bridgehead atoms. The number of fused-ring (bicyclic) bond motifs is 1. The second-order valence-corrected chi connectivity index (χ2v) is 6.09. The van der Waals surface area contributed by atoms with Crippen molar-refractivity contribution in [3.63, 3.8) is 0 Å². The van der Waals surface area contributed by atoms with E-state index in [1.54, 1.807) is 0 Å². The Bertz CT molecular complexity index is 759. The lowest BCUT2D eigenvalue weighted by molar-refractivity contribution is 0.970. The van der Waals surface area contributed by atoms with Crippen LogP contribution in [0.5, 0.6) is 0 Å². The summed E-state index contributed by atoms with van der Waals surface area (Å²) in [7, 11) is 0. The Morgan fingerprint density at radius 3 is 2.45 bits per heavy atom. The standard InChI is InChI=1S/C17H16IN3.ClH/c1-2-11-19-17-14-5-3-4-6-15(14)20-16(21-17)12-7-9-13(18)10-8-12;/h3-10H,2,11H2,1H3,(H,19,20,21);1H. The van der Waals surface area contributed by atoms with Crippen molar-refractivity contribution in [3.8, 4) is 11.4 Å². The summed E-state index contributed by atoms with van der Waals surface area (Å²) in [6, 6.07) is 16.4. The molecule has 0 amide bonds. The van der Waals surface area contributed by atoms with Crippen LogP contribution in [-0.4, -0.2) is 16.5 Å². The second-order valence-electron chi connectivity index (χ2n) is 4.85. The average molecular weight is 426 g/mol. The molecule has 0 atom stereocenters. The third-order valence-electron chi connectivity index (χ3n) is 3.25. The maximum atomic E-state index is 4.71. The molecule has 0 aliphatic rings. The first kappa shape index (κ1) is 17.0. The molecule has 0 saturated carbocycles. The van der Waals surface area contributed by atoms with Crippen LogP contribution in [0.4, 0.5) is 5.82 Å². The number of hydrogen-bond acceptors (Lipinski definition) is 3. The summed E-state index contributed by atoms with van der Waals surface area (Å²) in [6.07, 6.45) is 1.07. The van der Waals surface area contributed by atoms with Crippen molar-refractivity contribution in [1.29, 1.82) is 0 Å². The molecular formula is C17H17ClIN3. The van der Waals surface area contributed by atoms with Crippen LogP contribution < -0.4 is 5.32 Å². The number of hydrogen-bond donors (Lipinski definition) is 1. The Hall–Kier alpha value is -1.40. The lowest BCUT2D eigenvalue weighted by Gasteiger charge is -2.10. The molecular weight excluding hydrogens is 409 g/mol. The Balaban J connectivity index is 0.00000176. The Labute approximate surface area is 150 Å². The van der Waals surface area contributed by atoms with Gasteiger partial charge in [-0.25, -0.2) is 9.97 Å². The summed E-state index contributed by atoms with van der Waals surface area (Å²) in [5, 5.41) is 4.48. The first-order chi connectivity index (χ1) is 10.3. The van der Waals surface area contributed by atoms with Crippen molar-refractivity contribution >= 4 is 51.7 Å². The number of rotatable bonds is 4. The highest BCUT2D eigenvalue weighted by Gasteiger charge is 2.08. The van der Waals surface area contributed by atoms with Crippen LogP contribution in [0.3, 0.4) is 0 Å². The van der Waals surface area contributed by atoms with E-state index in [9.17, 15) is 0 Å². The molecule has 0 aliphatic heterocycles. The van der Waals surface area contributed by atoms with Crippen molar-refractivity contribution in [3.05, 3.63) is 52.1 Å². The van der Waals surface area contributed by atoms with E-state index in [0.717, 1.165) is 41.1 Å². The Morgan fingerprint density at radius 2 is 1.73 bits per heavy atom. The summed E-state index contributed by atoms with van der Waals surface area (Å²) in [6.45, 7) is 3.06. The average Bonchev–Trinajstić information content (AvgIpc) is 2.53. The van der Waals surface area contributed by atoms with Crippen molar-refractivity contribution in [1.82, 2.24) is 9.97 Å². The number of nitrogens with zero attached hydrogens (tertiary/aromatic N) is 2. The van der Waals surface area contributed by atoms with E-state index in [1.807, 2.05) is 18.2 Å². The van der Waals surface area contributed by atoms with E-state index >= 15 is 0 Å². The van der Waals surface area contributed by atoms with E-state index in [-0.39, 0.29) is 12.4 Å². The van der Waals surface area contributed by atoms with Crippen molar-refractivity contribution in [2.75, 3.05) is 11.9 Å². The summed E-state index contributed by atoms with van der Waals surface area (Å²) in [5.41, 5.74) is 2.01. The Morgan fingerprint density at radius 1 is 1.00 bits per heavy atom. The van der Waals surface area contributed by atoms with E-state index in [0.29, 0.717) is 0 Å². The molecule has 1 heterocycles. The maximum Gasteiger partial charge on any atom is 0.162 e. The van der Waals surface area contributed by atoms with Crippen LogP contribution in [0.25, 0.3) is 22.3 Å². The molecule has 0 fully saturated rings. The summed E-state index contributed by atoms with van der Waals surface area (Å²) < 4.78 is 1.21. The largest absolute Gasteiger partial charge is 0.369 e. The SMILES string of the molecule is CCCNc1nc(-c2ccc(I)cc2)nc2ccccc12.Cl. The summed E-state index contributed by atoms with van der Waals surface area (Å²) >= 11 is 2.30. The predicted octanol–water partition coefficient (Wildman–Crippen LogP) is 5.15. The summed E-state index contributed by atoms with van der Waals surface area (Å²) in [5.74, 6) is 1.68. The minimum atomic E-state index is 0. The van der Waals surface area contributed by atoms with Gasteiger partial charge in [0.1, 0.15) is 5.82 Å². The van der Waals surface area contributed by atoms with Gasteiger partial charge in [0, 0.05) is 21.1 Å². The molecule has 0 radical (unpaired) electrons. The topological polar surface area (TPSA) is 37.8 Å². The molecule has 22 heavy (non-hydrogen) atoms. The number of halogens is 2. The number of nitrogens with one attached hydrogen (secondary N) is 1. The van der Waals surface area contributed by atoms with E-state index in [1.165, 1.54) is 3.57 Å². The third kappa shape index (κ3) is 3.67. The molecule has 5 heteroatoms. The predicted molar refractivity (Wildman–Crippen MR) is 104 cm³/mol. The fourth-order valence-electron chi connectivity index (χ4n) is 2.18. The minimum Gasteiger partial charge on any atom is -0.369 e. The fourth-order valence-corrected chi connectivity index (χ4v) is 2.54. The fraction of sp³-hybridized carbons (Fsp3) is 0.176. The lowest BCUT2D eigenvalue weighted by Crippen LogP contribution is -2.04. The molecule has 0 saturated heterocycles. The second kappa shape index (κ2) is 7.74. The van der Waals surface area contributed by atoms with Gasteiger partial charge in [-0.2, -0.15) is 0 Å². The van der Waals surface area contributed by atoms with E-state index < -0.39 is 0 Å². The van der Waals surface area contributed by atoms with Crippen LogP contribution >= 0.6 is 35.0 Å². The van der Waals surface area contributed by atoms with Crippen LogP contribution in [0, 0.1) is 3.57 Å². The zero-order valence-corrected chi connectivity index (χ0v) is 15.2. The van der Waals surface area contributed by atoms with Crippen LogP contribution in [0.15, 0.2) is 48.5 Å². The molecule has 0 aliphatic carbocycles. The normalized spacial score (nSPS) is 10.3. The number of para-hydroxylation sites is 1. The van der Waals surface area contributed by atoms with Gasteiger partial charge in [0.15, 0.2) is 5.82 Å². The molecule has 3 rings (SSSR count). The molecule has 2 aromatic carbocycles. The highest BCUT2D eigenvalue weighted by Crippen LogP contribution is 2.25. The van der Waals surface area contributed by atoms with E-state index in [2.05, 4.69) is 65.2 Å². The molecule has 3 nitrogen and oxygen atoms in total. The molecule has 1 N–H and O–H groups in total.